The second-order valence-electron chi connectivity index (χ2n) is 9.42. The van der Waals surface area contributed by atoms with Gasteiger partial charge in [0.1, 0.15) is 0 Å². The molecule has 0 radical (unpaired) electrons. The van der Waals surface area contributed by atoms with Crippen LogP contribution in [0.2, 0.25) is 0 Å². The van der Waals surface area contributed by atoms with Gasteiger partial charge in [0.05, 0.1) is 12.0 Å². The maximum atomic E-state index is 12.8. The van der Waals surface area contributed by atoms with Crippen LogP contribution in [0.15, 0.2) is 4.99 Å². The van der Waals surface area contributed by atoms with Gasteiger partial charge in [-0.25, -0.2) is 0 Å². The minimum atomic E-state index is -0.301. The second-order valence-corrected chi connectivity index (χ2v) is 9.42. The average molecular weight is 522 g/mol. The van der Waals surface area contributed by atoms with Gasteiger partial charge in [-0.2, -0.15) is 0 Å². The van der Waals surface area contributed by atoms with Crippen molar-refractivity contribution in [3.8, 4) is 0 Å². The molecule has 1 atom stereocenters. The van der Waals surface area contributed by atoms with Crippen LogP contribution in [0.1, 0.15) is 59.3 Å². The Bertz CT molecular complexity index is 517. The van der Waals surface area contributed by atoms with E-state index in [2.05, 4.69) is 36.3 Å². The fourth-order valence-electron chi connectivity index (χ4n) is 4.78. The van der Waals surface area contributed by atoms with Crippen molar-refractivity contribution in [2.24, 2.45) is 22.2 Å². The van der Waals surface area contributed by atoms with Crippen molar-refractivity contribution in [3.63, 3.8) is 0 Å². The zero-order valence-corrected chi connectivity index (χ0v) is 21.6. The van der Waals surface area contributed by atoms with Crippen LogP contribution in [0.25, 0.3) is 0 Å². The number of carbonyl (C=O) groups excluding carboxylic acids is 1. The number of amides is 1. The molecular weight excluding hydrogens is 477 g/mol. The molecule has 170 valence electrons. The van der Waals surface area contributed by atoms with E-state index in [9.17, 15) is 4.79 Å². The number of piperidine rings is 1. The summed E-state index contributed by atoms with van der Waals surface area (Å²) in [5, 5.41) is 6.94. The maximum absolute atomic E-state index is 12.8. The van der Waals surface area contributed by atoms with Crippen LogP contribution in [0.3, 0.4) is 0 Å². The summed E-state index contributed by atoms with van der Waals surface area (Å²) in [4.78, 5) is 22.0. The molecule has 0 bridgehead atoms. The summed E-state index contributed by atoms with van der Waals surface area (Å²) in [5.41, 5.74) is -0.301. The highest BCUT2D eigenvalue weighted by atomic mass is 127. The molecule has 7 heteroatoms. The predicted molar refractivity (Wildman–Crippen MR) is 133 cm³/mol. The van der Waals surface area contributed by atoms with Gasteiger partial charge >= 0.3 is 0 Å². The monoisotopic (exact) mass is 521 g/mol. The van der Waals surface area contributed by atoms with Gasteiger partial charge in [0.15, 0.2) is 5.96 Å². The second kappa shape index (κ2) is 13.0. The zero-order valence-electron chi connectivity index (χ0n) is 19.3. The van der Waals surface area contributed by atoms with Crippen molar-refractivity contribution in [1.29, 1.82) is 0 Å². The lowest BCUT2D eigenvalue weighted by Gasteiger charge is -2.34. The fraction of sp³-hybridized carbons (Fsp3) is 0.909. The summed E-state index contributed by atoms with van der Waals surface area (Å²) in [7, 11) is 3.73. The van der Waals surface area contributed by atoms with Crippen LogP contribution in [0, 0.1) is 17.3 Å². The van der Waals surface area contributed by atoms with Crippen molar-refractivity contribution < 1.29 is 4.79 Å². The molecule has 2 N–H and O–H groups in total. The first-order valence-electron chi connectivity index (χ1n) is 11.3. The molecular formula is C22H44IN5O. The normalized spacial score (nSPS) is 22.3. The summed E-state index contributed by atoms with van der Waals surface area (Å²) in [6.45, 7) is 12.7. The van der Waals surface area contributed by atoms with Gasteiger partial charge < -0.3 is 20.4 Å². The molecule has 1 amide bonds. The van der Waals surface area contributed by atoms with Crippen molar-refractivity contribution in [2.45, 2.75) is 59.3 Å². The Labute approximate surface area is 195 Å². The Morgan fingerprint density at radius 3 is 2.48 bits per heavy atom. The third-order valence-corrected chi connectivity index (χ3v) is 6.09. The van der Waals surface area contributed by atoms with Crippen LogP contribution >= 0.6 is 24.0 Å². The van der Waals surface area contributed by atoms with Crippen molar-refractivity contribution in [2.75, 3.05) is 53.4 Å². The molecule has 1 aliphatic heterocycles. The van der Waals surface area contributed by atoms with Crippen LogP contribution in [-0.4, -0.2) is 75.0 Å². The first-order valence-corrected chi connectivity index (χ1v) is 11.3. The predicted octanol–water partition coefficient (Wildman–Crippen LogP) is 3.18. The summed E-state index contributed by atoms with van der Waals surface area (Å²) in [6, 6.07) is 0. The molecule has 0 aromatic rings. The molecule has 6 nitrogen and oxygen atoms in total. The molecule has 1 aliphatic carbocycles. The van der Waals surface area contributed by atoms with E-state index in [-0.39, 0.29) is 35.3 Å². The Balaban J connectivity index is 0.00000420. The summed E-state index contributed by atoms with van der Waals surface area (Å²) in [6.07, 6.45) is 6.75. The lowest BCUT2D eigenvalue weighted by Crippen LogP contribution is -2.46. The van der Waals surface area contributed by atoms with E-state index in [4.69, 9.17) is 4.99 Å². The lowest BCUT2D eigenvalue weighted by atomic mass is 9.85. The number of hydrogen-bond acceptors (Lipinski definition) is 3. The molecule has 1 heterocycles. The molecule has 29 heavy (non-hydrogen) atoms. The van der Waals surface area contributed by atoms with Gasteiger partial charge in [0.2, 0.25) is 5.91 Å². The van der Waals surface area contributed by atoms with E-state index in [0.29, 0.717) is 12.5 Å². The van der Waals surface area contributed by atoms with Crippen molar-refractivity contribution in [1.82, 2.24) is 20.4 Å². The van der Waals surface area contributed by atoms with Crippen LogP contribution < -0.4 is 10.6 Å². The molecule has 2 rings (SSSR count). The van der Waals surface area contributed by atoms with Crippen molar-refractivity contribution >= 4 is 35.8 Å². The van der Waals surface area contributed by atoms with Gasteiger partial charge in [-0.05, 0) is 51.0 Å². The van der Waals surface area contributed by atoms with E-state index in [0.717, 1.165) is 50.7 Å². The van der Waals surface area contributed by atoms with Gasteiger partial charge in [0, 0.05) is 40.3 Å². The number of likely N-dealkylation sites (tertiary alicyclic amines) is 1. The Morgan fingerprint density at radius 2 is 1.90 bits per heavy atom. The quantitative estimate of drug-likeness (QED) is 0.293. The molecule has 1 saturated carbocycles. The van der Waals surface area contributed by atoms with Crippen molar-refractivity contribution in [3.05, 3.63) is 0 Å². The van der Waals surface area contributed by atoms with E-state index in [1.807, 2.05) is 14.1 Å². The number of guanidine groups is 1. The maximum Gasteiger partial charge on any atom is 0.230 e. The highest BCUT2D eigenvalue weighted by molar-refractivity contribution is 14.0. The van der Waals surface area contributed by atoms with E-state index in [1.54, 1.807) is 4.90 Å². The summed E-state index contributed by atoms with van der Waals surface area (Å²) < 4.78 is 0. The van der Waals surface area contributed by atoms with Gasteiger partial charge in [-0.3, -0.25) is 9.79 Å². The lowest BCUT2D eigenvalue weighted by molar-refractivity contribution is -0.138. The highest BCUT2D eigenvalue weighted by Gasteiger charge is 2.42. The molecule has 0 aromatic heterocycles. The van der Waals surface area contributed by atoms with E-state index < -0.39 is 0 Å². The Hall–Kier alpha value is -0.570. The number of carbonyl (C=O) groups is 1. The molecule has 0 spiro atoms. The van der Waals surface area contributed by atoms with E-state index >= 15 is 0 Å². The first kappa shape index (κ1) is 26.5. The number of hydrogen-bond donors (Lipinski definition) is 2. The highest BCUT2D eigenvalue weighted by Crippen LogP contribution is 2.39. The zero-order chi connectivity index (χ0) is 20.6. The summed E-state index contributed by atoms with van der Waals surface area (Å²) >= 11 is 0. The molecule has 1 saturated heterocycles. The van der Waals surface area contributed by atoms with Gasteiger partial charge in [-0.1, -0.05) is 26.7 Å². The number of nitrogens with zero attached hydrogens (tertiary/aromatic N) is 3. The third kappa shape index (κ3) is 8.23. The fourth-order valence-corrected chi connectivity index (χ4v) is 4.78. The molecule has 2 aliphatic rings. The van der Waals surface area contributed by atoms with Crippen LogP contribution in [-0.2, 0) is 4.79 Å². The Morgan fingerprint density at radius 1 is 1.21 bits per heavy atom. The largest absolute Gasteiger partial charge is 0.357 e. The molecule has 1 unspecified atom stereocenters. The topological polar surface area (TPSA) is 60.0 Å². The number of nitrogens with one attached hydrogen (secondary N) is 2. The standard InChI is InChI=1S/C22H43N5O.HI/c1-6-23-21(24-14-19-10-9-13-27(16-19)15-18(2)3)25-17-22(11-7-8-12-22)20(28)26(4)5;/h18-19H,6-17H2,1-5H3,(H2,23,24,25);1H. The average Bonchev–Trinajstić information content (AvgIpc) is 3.13. The number of rotatable bonds is 8. The Kier molecular flexibility index (Phi) is 11.8. The number of aliphatic imine (C=N–C) groups is 1. The van der Waals surface area contributed by atoms with Crippen LogP contribution in [0.4, 0.5) is 0 Å². The summed E-state index contributed by atoms with van der Waals surface area (Å²) in [5.74, 6) is 2.49. The smallest absolute Gasteiger partial charge is 0.230 e. The van der Waals surface area contributed by atoms with E-state index in [1.165, 1.54) is 32.5 Å². The van der Waals surface area contributed by atoms with Gasteiger partial charge in [0.25, 0.3) is 0 Å². The third-order valence-electron chi connectivity index (χ3n) is 6.09. The van der Waals surface area contributed by atoms with Gasteiger partial charge in [-0.15, -0.1) is 24.0 Å². The SMILES string of the molecule is CCNC(=NCC1(C(=O)N(C)C)CCCC1)NCC1CCCN(CC(C)C)C1.I. The minimum Gasteiger partial charge on any atom is -0.357 e. The molecule has 2 fully saturated rings. The van der Waals surface area contributed by atoms with Crippen LogP contribution in [0.5, 0.6) is 0 Å². The minimum absolute atomic E-state index is 0. The number of halogens is 1. The molecule has 0 aromatic carbocycles. The first-order chi connectivity index (χ1) is 13.4.